The summed E-state index contributed by atoms with van der Waals surface area (Å²) in [5.41, 5.74) is 0.739. The number of halogens is 1. The summed E-state index contributed by atoms with van der Waals surface area (Å²) in [4.78, 5) is -0.0146. The zero-order chi connectivity index (χ0) is 22.1. The lowest BCUT2D eigenvalue weighted by Crippen LogP contribution is -2.30. The van der Waals surface area contributed by atoms with Crippen LogP contribution in [0.15, 0.2) is 82.1 Å². The summed E-state index contributed by atoms with van der Waals surface area (Å²) in [7, 11) is -4.07. The van der Waals surface area contributed by atoms with Crippen molar-refractivity contribution < 1.29 is 26.7 Å². The number of ether oxygens (including phenoxy) is 2. The van der Waals surface area contributed by atoms with E-state index in [9.17, 15) is 12.8 Å². The Bertz CT molecular complexity index is 1350. The Kier molecular flexibility index (Phi) is 5.32. The summed E-state index contributed by atoms with van der Waals surface area (Å²) in [5, 5.41) is 0.790. The van der Waals surface area contributed by atoms with E-state index >= 15 is 0 Å². The van der Waals surface area contributed by atoms with Crippen LogP contribution in [-0.2, 0) is 10.0 Å². The molecule has 0 amide bonds. The van der Waals surface area contributed by atoms with Gasteiger partial charge in [-0.3, -0.25) is 0 Å². The molecule has 1 aliphatic heterocycles. The average Bonchev–Trinajstić information content (AvgIpc) is 3.08. The van der Waals surface area contributed by atoms with E-state index < -0.39 is 21.9 Å². The second kappa shape index (κ2) is 8.29. The van der Waals surface area contributed by atoms with Gasteiger partial charge >= 0.3 is 0 Å². The molecule has 0 radical (unpaired) electrons. The molecule has 5 rings (SSSR count). The van der Waals surface area contributed by atoms with E-state index in [0.29, 0.717) is 36.7 Å². The van der Waals surface area contributed by atoms with E-state index in [1.165, 1.54) is 24.3 Å². The summed E-state index contributed by atoms with van der Waals surface area (Å²) in [6.45, 7) is 0.930. The maximum atomic E-state index is 14.7. The Balaban J connectivity index is 1.56. The van der Waals surface area contributed by atoms with Gasteiger partial charge in [0.25, 0.3) is 0 Å². The molecule has 0 spiro atoms. The van der Waals surface area contributed by atoms with E-state index in [1.54, 1.807) is 30.3 Å². The maximum Gasteiger partial charge on any atom is 0.241 e. The van der Waals surface area contributed by atoms with Crippen LogP contribution in [-0.4, -0.2) is 21.6 Å². The van der Waals surface area contributed by atoms with Crippen LogP contribution >= 0.6 is 0 Å². The molecule has 4 aromatic rings. The first-order valence-electron chi connectivity index (χ1n) is 10.2. The molecule has 1 unspecified atom stereocenters. The maximum absolute atomic E-state index is 14.7. The highest BCUT2D eigenvalue weighted by Gasteiger charge is 2.28. The van der Waals surface area contributed by atoms with Gasteiger partial charge in [0.2, 0.25) is 10.0 Å². The van der Waals surface area contributed by atoms with Crippen LogP contribution < -0.4 is 14.2 Å². The Hall–Kier alpha value is -3.36. The first-order valence-corrected chi connectivity index (χ1v) is 11.6. The Morgan fingerprint density at radius 2 is 1.62 bits per heavy atom. The number of nitrogens with one attached hydrogen (secondary N) is 1. The molecular weight excluding hydrogens is 433 g/mol. The number of hydrogen-bond acceptors (Lipinski definition) is 5. The van der Waals surface area contributed by atoms with Crippen molar-refractivity contribution in [2.24, 2.45) is 0 Å². The van der Waals surface area contributed by atoms with Crippen molar-refractivity contribution in [3.63, 3.8) is 0 Å². The number of sulfonamides is 1. The minimum Gasteiger partial charge on any atom is -0.490 e. The smallest absolute Gasteiger partial charge is 0.241 e. The zero-order valence-electron chi connectivity index (χ0n) is 17.0. The van der Waals surface area contributed by atoms with Crippen molar-refractivity contribution in [1.82, 2.24) is 4.72 Å². The Morgan fingerprint density at radius 3 is 2.44 bits per heavy atom. The molecule has 8 heteroatoms. The zero-order valence-corrected chi connectivity index (χ0v) is 17.8. The lowest BCUT2D eigenvalue weighted by Gasteiger charge is -2.18. The summed E-state index contributed by atoms with van der Waals surface area (Å²) >= 11 is 0. The number of furan rings is 1. The Labute approximate surface area is 184 Å². The van der Waals surface area contributed by atoms with Crippen LogP contribution in [0.5, 0.6) is 11.5 Å². The van der Waals surface area contributed by atoms with Crippen molar-refractivity contribution >= 4 is 21.0 Å². The summed E-state index contributed by atoms with van der Waals surface area (Å²) in [5.74, 6) is 0.592. The van der Waals surface area contributed by atoms with Crippen LogP contribution in [0.2, 0.25) is 0 Å². The molecule has 0 fully saturated rings. The molecule has 3 aromatic carbocycles. The predicted octanol–water partition coefficient (Wildman–Crippen LogP) is 4.80. The minimum absolute atomic E-state index is 0.0146. The van der Waals surface area contributed by atoms with E-state index in [1.807, 2.05) is 18.2 Å². The fourth-order valence-corrected chi connectivity index (χ4v) is 4.86. The normalized spacial score (nSPS) is 14.8. The molecule has 32 heavy (non-hydrogen) atoms. The number of fused-ring (bicyclic) bond motifs is 2. The molecule has 164 valence electrons. The fraction of sp³-hybridized carbons (Fsp3) is 0.167. The molecule has 0 saturated carbocycles. The standard InChI is InChI=1S/C24H20FNO5S/c25-19-8-3-2-7-18(19)24(23-14-16-6-1-4-9-20(16)31-23)26-32(27,28)17-10-11-21-22(15-17)30-13-5-12-29-21/h1-4,6-11,14-15,24,26H,5,12-13H2. The molecule has 6 nitrogen and oxygen atoms in total. The van der Waals surface area contributed by atoms with Gasteiger partial charge in [-0.15, -0.1) is 0 Å². The van der Waals surface area contributed by atoms with Crippen molar-refractivity contribution in [1.29, 1.82) is 0 Å². The summed E-state index contributed by atoms with van der Waals surface area (Å²) < 4.78 is 61.0. The van der Waals surface area contributed by atoms with E-state index in [-0.39, 0.29) is 16.2 Å². The average molecular weight is 453 g/mol. The molecule has 1 atom stereocenters. The minimum atomic E-state index is -4.07. The van der Waals surface area contributed by atoms with Gasteiger partial charge in [-0.25, -0.2) is 12.8 Å². The quantitative estimate of drug-likeness (QED) is 0.470. The van der Waals surface area contributed by atoms with Crippen LogP contribution in [0.25, 0.3) is 11.0 Å². The first-order chi connectivity index (χ1) is 15.5. The van der Waals surface area contributed by atoms with Crippen LogP contribution in [0.1, 0.15) is 23.8 Å². The second-order valence-corrected chi connectivity index (χ2v) is 9.14. The molecule has 0 saturated heterocycles. The number of hydrogen-bond donors (Lipinski definition) is 1. The predicted molar refractivity (Wildman–Crippen MR) is 117 cm³/mol. The molecule has 1 N–H and O–H groups in total. The van der Waals surface area contributed by atoms with Crippen LogP contribution in [0, 0.1) is 5.82 Å². The fourth-order valence-electron chi connectivity index (χ4n) is 3.66. The van der Waals surface area contributed by atoms with Gasteiger partial charge in [0.15, 0.2) is 11.5 Å². The summed E-state index contributed by atoms with van der Waals surface area (Å²) in [6, 6.07) is 18.4. The number of para-hydroxylation sites is 1. The summed E-state index contributed by atoms with van der Waals surface area (Å²) in [6.07, 6.45) is 0.705. The third kappa shape index (κ3) is 3.94. The molecule has 1 aliphatic rings. The van der Waals surface area contributed by atoms with Gasteiger partial charge in [-0.1, -0.05) is 36.4 Å². The highest BCUT2D eigenvalue weighted by Crippen LogP contribution is 2.34. The van der Waals surface area contributed by atoms with Crippen LogP contribution in [0.4, 0.5) is 4.39 Å². The van der Waals surface area contributed by atoms with Gasteiger partial charge in [0, 0.05) is 23.4 Å². The molecular formula is C24H20FNO5S. The van der Waals surface area contributed by atoms with E-state index in [2.05, 4.69) is 4.72 Å². The van der Waals surface area contributed by atoms with Crippen molar-refractivity contribution in [3.8, 4) is 11.5 Å². The molecule has 2 heterocycles. The highest BCUT2D eigenvalue weighted by atomic mass is 32.2. The van der Waals surface area contributed by atoms with Crippen molar-refractivity contribution in [2.75, 3.05) is 13.2 Å². The SMILES string of the molecule is O=S(=O)(NC(c1cc2ccccc2o1)c1ccccc1F)c1ccc2c(c1)OCCCO2. The lowest BCUT2D eigenvalue weighted by atomic mass is 10.0. The van der Waals surface area contributed by atoms with Gasteiger partial charge in [0.1, 0.15) is 23.2 Å². The van der Waals surface area contributed by atoms with E-state index in [4.69, 9.17) is 13.9 Å². The topological polar surface area (TPSA) is 77.8 Å². The van der Waals surface area contributed by atoms with Gasteiger partial charge in [0.05, 0.1) is 18.1 Å². The van der Waals surface area contributed by atoms with Crippen LogP contribution in [0.3, 0.4) is 0 Å². The van der Waals surface area contributed by atoms with Crippen molar-refractivity contribution in [3.05, 3.63) is 89.9 Å². The third-order valence-corrected chi connectivity index (χ3v) is 6.67. The van der Waals surface area contributed by atoms with Gasteiger partial charge in [-0.05, 0) is 30.3 Å². The number of benzene rings is 3. The third-order valence-electron chi connectivity index (χ3n) is 5.25. The second-order valence-electron chi connectivity index (χ2n) is 7.42. The molecule has 0 bridgehead atoms. The highest BCUT2D eigenvalue weighted by molar-refractivity contribution is 7.89. The van der Waals surface area contributed by atoms with Crippen molar-refractivity contribution in [2.45, 2.75) is 17.4 Å². The Morgan fingerprint density at radius 1 is 0.875 bits per heavy atom. The van der Waals surface area contributed by atoms with Gasteiger partial charge < -0.3 is 13.9 Å². The monoisotopic (exact) mass is 453 g/mol. The largest absolute Gasteiger partial charge is 0.490 e. The van der Waals surface area contributed by atoms with Gasteiger partial charge in [-0.2, -0.15) is 4.72 Å². The molecule has 1 aromatic heterocycles. The number of rotatable bonds is 5. The lowest BCUT2D eigenvalue weighted by molar-refractivity contribution is 0.297. The molecule has 0 aliphatic carbocycles. The van der Waals surface area contributed by atoms with E-state index in [0.717, 1.165) is 5.39 Å². The first kappa shape index (κ1) is 20.5.